The van der Waals surface area contributed by atoms with Crippen LogP contribution in [0.4, 0.5) is 5.13 Å². The van der Waals surface area contributed by atoms with Gasteiger partial charge in [-0.25, -0.2) is 12.7 Å². The van der Waals surface area contributed by atoms with Crippen LogP contribution in [-0.2, 0) is 10.0 Å². The Labute approximate surface area is 117 Å². The number of hydrogen-bond donors (Lipinski definition) is 0. The Hall–Kier alpha value is -0.740. The van der Waals surface area contributed by atoms with Crippen LogP contribution < -0.4 is 4.31 Å². The maximum atomic E-state index is 12.2. The number of hydrogen-bond acceptors (Lipinski definition) is 5. The number of halogens is 1. The zero-order chi connectivity index (χ0) is 12.5. The molecular weight excluding hydrogens is 373 g/mol. The molecule has 0 aliphatic heterocycles. The highest BCUT2D eigenvalue weighted by Crippen LogP contribution is 2.23. The Bertz CT molecular complexity index is 596. The molecule has 2 aromatic rings. The van der Waals surface area contributed by atoms with E-state index in [-0.39, 0.29) is 4.90 Å². The summed E-state index contributed by atoms with van der Waals surface area (Å²) in [6.45, 7) is 0. The molecule has 0 fully saturated rings. The summed E-state index contributed by atoms with van der Waals surface area (Å²) in [6, 6.07) is 6.66. The van der Waals surface area contributed by atoms with Gasteiger partial charge in [0.25, 0.3) is 10.0 Å². The van der Waals surface area contributed by atoms with E-state index in [0.717, 1.165) is 7.88 Å². The smallest absolute Gasteiger partial charge is 0.243 e. The lowest BCUT2D eigenvalue weighted by atomic mass is 10.4. The van der Waals surface area contributed by atoms with Gasteiger partial charge in [0.2, 0.25) is 5.13 Å². The van der Waals surface area contributed by atoms with E-state index < -0.39 is 10.0 Å². The molecule has 0 N–H and O–H groups in total. The second-order valence-electron chi connectivity index (χ2n) is 3.15. The van der Waals surface area contributed by atoms with E-state index in [1.807, 2.05) is 0 Å². The third-order valence-electron chi connectivity index (χ3n) is 2.09. The fourth-order valence-electron chi connectivity index (χ4n) is 1.17. The minimum atomic E-state index is -3.54. The van der Waals surface area contributed by atoms with Crippen molar-refractivity contribution in [2.45, 2.75) is 4.90 Å². The van der Waals surface area contributed by atoms with Crippen LogP contribution in [0.5, 0.6) is 0 Å². The van der Waals surface area contributed by atoms with Crippen molar-refractivity contribution in [3.8, 4) is 0 Å². The number of sulfonamides is 1. The van der Waals surface area contributed by atoms with Crippen LogP contribution in [0, 0.1) is 3.57 Å². The predicted octanol–water partition coefficient (Wildman–Crippen LogP) is 1.97. The molecule has 90 valence electrons. The molecule has 0 aliphatic carbocycles. The average Bonchev–Trinajstić information content (AvgIpc) is 2.82. The zero-order valence-electron chi connectivity index (χ0n) is 8.74. The van der Waals surface area contributed by atoms with E-state index in [1.165, 1.54) is 23.9 Å². The summed E-state index contributed by atoms with van der Waals surface area (Å²) in [7, 11) is -2.07. The minimum Gasteiger partial charge on any atom is -0.243 e. The third-order valence-corrected chi connectivity index (χ3v) is 5.45. The van der Waals surface area contributed by atoms with Crippen molar-refractivity contribution in [3.05, 3.63) is 33.3 Å². The van der Waals surface area contributed by atoms with Crippen molar-refractivity contribution in [3.63, 3.8) is 0 Å². The SMILES string of the molecule is CN(c1nncs1)S(=O)(=O)c1ccc(I)cc1. The summed E-state index contributed by atoms with van der Waals surface area (Å²) in [5.74, 6) is 0. The lowest BCUT2D eigenvalue weighted by Gasteiger charge is -2.15. The van der Waals surface area contributed by atoms with Gasteiger partial charge in [-0.1, -0.05) is 11.3 Å². The first-order chi connectivity index (χ1) is 8.01. The Morgan fingerprint density at radius 2 is 1.94 bits per heavy atom. The molecule has 2 rings (SSSR count). The molecule has 17 heavy (non-hydrogen) atoms. The highest BCUT2D eigenvalue weighted by molar-refractivity contribution is 14.1. The monoisotopic (exact) mass is 381 g/mol. The van der Waals surface area contributed by atoms with Crippen LogP contribution in [0.3, 0.4) is 0 Å². The van der Waals surface area contributed by atoms with Gasteiger partial charge in [0.15, 0.2) is 0 Å². The Balaban J connectivity index is 2.40. The van der Waals surface area contributed by atoms with Crippen LogP contribution in [0.2, 0.25) is 0 Å². The molecule has 5 nitrogen and oxygen atoms in total. The second kappa shape index (κ2) is 4.86. The van der Waals surface area contributed by atoms with Gasteiger partial charge in [-0.15, -0.1) is 10.2 Å². The van der Waals surface area contributed by atoms with E-state index in [9.17, 15) is 8.42 Å². The highest BCUT2D eigenvalue weighted by Gasteiger charge is 2.23. The van der Waals surface area contributed by atoms with Crippen LogP contribution in [0.15, 0.2) is 34.7 Å². The van der Waals surface area contributed by atoms with E-state index >= 15 is 0 Å². The van der Waals surface area contributed by atoms with Crippen molar-refractivity contribution in [2.24, 2.45) is 0 Å². The Kier molecular flexibility index (Phi) is 3.64. The molecule has 0 aliphatic rings. The van der Waals surface area contributed by atoms with Crippen LogP contribution >= 0.6 is 33.9 Å². The Morgan fingerprint density at radius 3 is 2.47 bits per heavy atom. The molecular formula is C9H8IN3O2S2. The van der Waals surface area contributed by atoms with Crippen molar-refractivity contribution in [1.82, 2.24) is 10.2 Å². The van der Waals surface area contributed by atoms with Gasteiger partial charge in [0.05, 0.1) is 4.90 Å². The number of benzene rings is 1. The predicted molar refractivity (Wildman–Crippen MR) is 74.7 cm³/mol. The van der Waals surface area contributed by atoms with E-state index in [1.54, 1.807) is 24.3 Å². The average molecular weight is 381 g/mol. The number of aromatic nitrogens is 2. The molecule has 1 heterocycles. The summed E-state index contributed by atoms with van der Waals surface area (Å²) in [4.78, 5) is 0.246. The van der Waals surface area contributed by atoms with Gasteiger partial charge < -0.3 is 0 Å². The standard InChI is InChI=1S/C9H8IN3O2S2/c1-13(9-12-11-6-16-9)17(14,15)8-4-2-7(10)3-5-8/h2-6H,1H3. The van der Waals surface area contributed by atoms with Gasteiger partial charge in [0.1, 0.15) is 5.51 Å². The first kappa shape index (κ1) is 12.7. The van der Waals surface area contributed by atoms with Crippen molar-refractivity contribution in [2.75, 3.05) is 11.4 Å². The largest absolute Gasteiger partial charge is 0.265 e. The first-order valence-corrected chi connectivity index (χ1v) is 7.92. The van der Waals surface area contributed by atoms with Gasteiger partial charge in [-0.05, 0) is 46.9 Å². The maximum Gasteiger partial charge on any atom is 0.265 e. The van der Waals surface area contributed by atoms with E-state index in [2.05, 4.69) is 32.8 Å². The number of anilines is 1. The zero-order valence-corrected chi connectivity index (χ0v) is 12.5. The first-order valence-electron chi connectivity index (χ1n) is 4.52. The van der Waals surface area contributed by atoms with Crippen molar-refractivity contribution in [1.29, 1.82) is 0 Å². The fourth-order valence-corrected chi connectivity index (χ4v) is 3.42. The summed E-state index contributed by atoms with van der Waals surface area (Å²) in [5.41, 5.74) is 1.50. The van der Waals surface area contributed by atoms with Crippen LogP contribution in [0.1, 0.15) is 0 Å². The van der Waals surface area contributed by atoms with E-state index in [0.29, 0.717) is 5.13 Å². The molecule has 8 heteroatoms. The molecule has 0 spiro atoms. The van der Waals surface area contributed by atoms with Crippen LogP contribution in [0.25, 0.3) is 0 Å². The van der Waals surface area contributed by atoms with E-state index in [4.69, 9.17) is 0 Å². The molecule has 0 unspecified atom stereocenters. The summed E-state index contributed by atoms with van der Waals surface area (Å²) < 4.78 is 26.5. The maximum absolute atomic E-state index is 12.2. The minimum absolute atomic E-state index is 0.246. The molecule has 0 radical (unpaired) electrons. The number of nitrogens with zero attached hydrogens (tertiary/aromatic N) is 3. The normalized spacial score (nSPS) is 11.4. The molecule has 0 saturated heterocycles. The highest BCUT2D eigenvalue weighted by atomic mass is 127. The Morgan fingerprint density at radius 1 is 1.29 bits per heavy atom. The summed E-state index contributed by atoms with van der Waals surface area (Å²) >= 11 is 3.30. The molecule has 0 bridgehead atoms. The van der Waals surface area contributed by atoms with Gasteiger partial charge in [0, 0.05) is 10.6 Å². The van der Waals surface area contributed by atoms with Gasteiger partial charge in [-0.2, -0.15) is 0 Å². The molecule has 1 aromatic carbocycles. The van der Waals surface area contributed by atoms with Gasteiger partial charge >= 0.3 is 0 Å². The molecule has 0 amide bonds. The topological polar surface area (TPSA) is 63.2 Å². The molecule has 0 saturated carbocycles. The van der Waals surface area contributed by atoms with Gasteiger partial charge in [-0.3, -0.25) is 0 Å². The molecule has 0 atom stereocenters. The lowest BCUT2D eigenvalue weighted by molar-refractivity contribution is 0.594. The summed E-state index contributed by atoms with van der Waals surface area (Å²) in [6.07, 6.45) is 0. The number of rotatable bonds is 3. The molecule has 1 aromatic heterocycles. The quantitative estimate of drug-likeness (QED) is 0.763. The van der Waals surface area contributed by atoms with Crippen molar-refractivity contribution < 1.29 is 8.42 Å². The van der Waals surface area contributed by atoms with Crippen LogP contribution in [-0.4, -0.2) is 25.7 Å². The second-order valence-corrected chi connectivity index (χ2v) is 7.17. The fraction of sp³-hybridized carbons (Fsp3) is 0.111. The third kappa shape index (κ3) is 2.58. The lowest BCUT2D eigenvalue weighted by Crippen LogP contribution is -2.26. The summed E-state index contributed by atoms with van der Waals surface area (Å²) in [5, 5.41) is 7.72. The van der Waals surface area contributed by atoms with Crippen molar-refractivity contribution >= 4 is 49.1 Å².